The van der Waals surface area contributed by atoms with Crippen molar-refractivity contribution in [1.29, 1.82) is 5.26 Å². The van der Waals surface area contributed by atoms with Gasteiger partial charge in [0.15, 0.2) is 0 Å². The Hall–Kier alpha value is -4.83. The quantitative estimate of drug-likeness (QED) is 0.108. The van der Waals surface area contributed by atoms with E-state index in [-0.39, 0.29) is 31.0 Å². The third-order valence-electron chi connectivity index (χ3n) is 8.04. The molecule has 9 nitrogen and oxygen atoms in total. The number of ether oxygens (including phenoxy) is 1. The normalized spacial score (nSPS) is 13.1. The summed E-state index contributed by atoms with van der Waals surface area (Å²) in [6.07, 6.45) is 3.77. The van der Waals surface area contributed by atoms with Crippen molar-refractivity contribution in [3.63, 3.8) is 0 Å². The van der Waals surface area contributed by atoms with Gasteiger partial charge in [-0.25, -0.2) is 18.3 Å². The Morgan fingerprint density at radius 1 is 1.17 bits per heavy atom. The Kier molecular flexibility index (Phi) is 10.2. The molecule has 0 saturated carbocycles. The summed E-state index contributed by atoms with van der Waals surface area (Å²) in [7, 11) is 0. The van der Waals surface area contributed by atoms with Crippen molar-refractivity contribution < 1.29 is 28.0 Å². The summed E-state index contributed by atoms with van der Waals surface area (Å²) in [6.45, 7) is 6.08. The fraction of sp³-hybridized carbons (Fsp3) is 0.286. The van der Waals surface area contributed by atoms with E-state index < -0.39 is 23.2 Å². The number of nitrogens with zero attached hydrogens (tertiary/aromatic N) is 5. The summed E-state index contributed by atoms with van der Waals surface area (Å²) >= 11 is 1.42. The van der Waals surface area contributed by atoms with Gasteiger partial charge < -0.3 is 15.6 Å². The van der Waals surface area contributed by atoms with Gasteiger partial charge in [-0.3, -0.25) is 4.79 Å². The minimum atomic E-state index is -1.77. The average Bonchev–Trinajstić information content (AvgIpc) is 3.68. The molecule has 12 heteroatoms. The average molecular weight is 658 g/mol. The van der Waals surface area contributed by atoms with Crippen LogP contribution in [0.5, 0.6) is 5.75 Å². The first-order chi connectivity index (χ1) is 22.5. The van der Waals surface area contributed by atoms with E-state index in [9.17, 15) is 14.3 Å². The number of aromatic nitrogens is 4. The summed E-state index contributed by atoms with van der Waals surface area (Å²) in [4.78, 5) is 16.7. The third kappa shape index (κ3) is 7.77. The smallest absolute Gasteiger partial charge is 0.312 e. The molecule has 2 aromatic heterocycles. The van der Waals surface area contributed by atoms with Gasteiger partial charge in [0, 0.05) is 40.6 Å². The molecule has 0 fully saturated rings. The highest BCUT2D eigenvalue weighted by atomic mass is 32.1. The van der Waals surface area contributed by atoms with Gasteiger partial charge in [-0.15, -0.1) is 16.0 Å². The maximum Gasteiger partial charge on any atom is 0.312 e. The second kappa shape index (κ2) is 14.3. The molecule has 5 rings (SSSR count). The Balaban J connectivity index is 1.37. The molecule has 0 saturated heterocycles. The Morgan fingerprint density at radius 3 is 2.55 bits per heavy atom. The largest absolute Gasteiger partial charge is 0.426 e. The van der Waals surface area contributed by atoms with Gasteiger partial charge in [0.25, 0.3) is 6.33 Å². The molecule has 0 aliphatic heterocycles. The third-order valence-corrected chi connectivity index (χ3v) is 8.91. The highest BCUT2D eigenvalue weighted by Gasteiger charge is 2.41. The summed E-state index contributed by atoms with van der Waals surface area (Å²) in [5.41, 5.74) is 8.34. The first kappa shape index (κ1) is 33.5. The lowest BCUT2D eigenvalue weighted by Gasteiger charge is -2.32. The minimum absolute atomic E-state index is 0.0386. The summed E-state index contributed by atoms with van der Waals surface area (Å²) in [5, 5.41) is 28.4. The lowest BCUT2D eigenvalue weighted by Crippen LogP contribution is -2.41. The lowest BCUT2D eigenvalue weighted by atomic mass is 9.80. The van der Waals surface area contributed by atoms with Gasteiger partial charge in [0.1, 0.15) is 29.5 Å². The zero-order valence-electron chi connectivity index (χ0n) is 26.3. The van der Waals surface area contributed by atoms with Crippen LogP contribution in [0.3, 0.4) is 0 Å². The van der Waals surface area contributed by atoms with Crippen LogP contribution >= 0.6 is 11.3 Å². The van der Waals surface area contributed by atoms with Crippen LogP contribution in [0, 0.1) is 42.7 Å². The number of halogens is 2. The zero-order valence-corrected chi connectivity index (χ0v) is 27.1. The number of carbonyl (C=O) groups excluding carboxylic acids is 1. The van der Waals surface area contributed by atoms with Gasteiger partial charge in [-0.1, -0.05) is 25.1 Å². The number of nitriles is 1. The number of benzene rings is 3. The predicted octanol–water partition coefficient (Wildman–Crippen LogP) is 5.13. The highest BCUT2D eigenvalue weighted by molar-refractivity contribution is 7.09. The summed E-state index contributed by atoms with van der Waals surface area (Å²) in [6, 6.07) is 16.2. The molecule has 5 aromatic rings. The molecule has 0 unspecified atom stereocenters. The van der Waals surface area contributed by atoms with E-state index in [1.165, 1.54) is 22.1 Å². The van der Waals surface area contributed by atoms with Crippen molar-refractivity contribution in [3.8, 4) is 23.1 Å². The van der Waals surface area contributed by atoms with Crippen molar-refractivity contribution in [3.05, 3.63) is 117 Å². The molecule has 3 N–H and O–H groups in total. The van der Waals surface area contributed by atoms with Crippen molar-refractivity contribution >= 4 is 17.3 Å². The standard InChI is InChI=1S/C35H35F2N6O3S/c1-22-12-26(13-23(2)34(22)46-33(44)10-11-38)17-42-20-40-43(21-42)19-35(45,29-9-8-28(36)15-30(29)37)24(3)14-32-41-31(18-47-32)27-6-4-25(16-39)5-7-27/h4-9,12-13,15,18,20-21,24,45H,10-11,14,17,19,38H2,1-3H3/q+1/t24-,35-/m1/s1. The van der Waals surface area contributed by atoms with E-state index in [1.54, 1.807) is 31.7 Å². The fourth-order valence-corrected chi connectivity index (χ4v) is 6.52. The van der Waals surface area contributed by atoms with E-state index in [0.717, 1.165) is 45.1 Å². The van der Waals surface area contributed by atoms with Crippen LogP contribution in [0.25, 0.3) is 11.3 Å². The zero-order chi connectivity index (χ0) is 33.7. The van der Waals surface area contributed by atoms with E-state index in [1.807, 2.05) is 48.1 Å². The molecule has 0 amide bonds. The van der Waals surface area contributed by atoms with E-state index in [4.69, 9.17) is 20.7 Å². The molecule has 242 valence electrons. The number of hydrogen-bond donors (Lipinski definition) is 2. The van der Waals surface area contributed by atoms with Crippen LogP contribution in [0.1, 0.15) is 46.2 Å². The number of nitrogens with two attached hydrogens (primary N) is 1. The van der Waals surface area contributed by atoms with Gasteiger partial charge in [-0.2, -0.15) is 5.26 Å². The number of thiazole rings is 1. The van der Waals surface area contributed by atoms with Gasteiger partial charge in [0.2, 0.25) is 6.33 Å². The summed E-state index contributed by atoms with van der Waals surface area (Å²) in [5.74, 6) is -2.02. The Morgan fingerprint density at radius 2 is 1.89 bits per heavy atom. The molecular formula is C35H35F2N6O3S+. The van der Waals surface area contributed by atoms with Gasteiger partial charge in [-0.05, 0) is 66.8 Å². The molecule has 0 aliphatic carbocycles. The number of aryl methyl sites for hydroxylation is 2. The molecule has 3 aromatic carbocycles. The molecule has 2 heterocycles. The van der Waals surface area contributed by atoms with Crippen LogP contribution < -0.4 is 15.0 Å². The first-order valence-electron chi connectivity index (χ1n) is 15.0. The SMILES string of the molecule is Cc1cc(C[n+]2cnn(C[C@](O)(c3ccc(F)cc3F)[C@H](C)Cc3nc(-c4ccc(C#N)cc4)cs3)c2)cc(C)c1OC(=O)CCN. The maximum absolute atomic E-state index is 15.2. The molecule has 0 bridgehead atoms. The van der Waals surface area contributed by atoms with Crippen LogP contribution in [0.15, 0.2) is 72.6 Å². The van der Waals surface area contributed by atoms with E-state index in [0.29, 0.717) is 24.3 Å². The monoisotopic (exact) mass is 657 g/mol. The fourth-order valence-electron chi connectivity index (χ4n) is 5.59. The Bertz CT molecular complexity index is 1910. The Labute approximate surface area is 275 Å². The molecule has 0 aliphatic rings. The van der Waals surface area contributed by atoms with Crippen LogP contribution in [-0.4, -0.2) is 32.4 Å². The minimum Gasteiger partial charge on any atom is -0.426 e. The summed E-state index contributed by atoms with van der Waals surface area (Å²) < 4.78 is 38.0. The van der Waals surface area contributed by atoms with Gasteiger partial charge >= 0.3 is 5.97 Å². The second-order valence-electron chi connectivity index (χ2n) is 11.7. The lowest BCUT2D eigenvalue weighted by molar-refractivity contribution is -0.689. The van der Waals surface area contributed by atoms with Crippen molar-refractivity contribution in [1.82, 2.24) is 14.8 Å². The van der Waals surface area contributed by atoms with Crippen molar-refractivity contribution in [2.75, 3.05) is 6.54 Å². The van der Waals surface area contributed by atoms with Crippen molar-refractivity contribution in [2.45, 2.75) is 52.3 Å². The number of rotatable bonds is 12. The van der Waals surface area contributed by atoms with Crippen LogP contribution in [-0.2, 0) is 29.9 Å². The molecule has 0 radical (unpaired) electrons. The van der Waals surface area contributed by atoms with E-state index in [2.05, 4.69) is 11.2 Å². The molecule has 2 atom stereocenters. The van der Waals surface area contributed by atoms with Crippen LogP contribution in [0.4, 0.5) is 8.78 Å². The van der Waals surface area contributed by atoms with Crippen molar-refractivity contribution in [2.24, 2.45) is 11.7 Å². The maximum atomic E-state index is 15.2. The number of esters is 1. The topological polar surface area (TPSA) is 131 Å². The number of aliphatic hydroxyl groups is 1. The predicted molar refractivity (Wildman–Crippen MR) is 172 cm³/mol. The van der Waals surface area contributed by atoms with Gasteiger partial charge in [0.05, 0.1) is 35.3 Å². The second-order valence-corrected chi connectivity index (χ2v) is 12.6. The van der Waals surface area contributed by atoms with E-state index >= 15 is 4.39 Å². The number of hydrogen-bond acceptors (Lipinski definition) is 8. The van der Waals surface area contributed by atoms with Crippen LogP contribution in [0.2, 0.25) is 0 Å². The molecular weight excluding hydrogens is 622 g/mol. The highest BCUT2D eigenvalue weighted by Crippen LogP contribution is 2.36. The number of carbonyl (C=O) groups is 1. The first-order valence-corrected chi connectivity index (χ1v) is 15.9. The molecule has 0 spiro atoms. The molecule has 47 heavy (non-hydrogen) atoms.